The number of nitrogens with zero attached hydrogens (tertiary/aromatic N) is 3. The normalized spacial score (nSPS) is 18.5. The predicted octanol–water partition coefficient (Wildman–Crippen LogP) is 4.07. The number of carbonyl (C=O) groups is 1. The second-order valence-electron chi connectivity index (χ2n) is 9.31. The van der Waals surface area contributed by atoms with Gasteiger partial charge in [0.1, 0.15) is 5.82 Å². The highest BCUT2D eigenvalue weighted by Crippen LogP contribution is 2.40. The number of carboxylic acid groups (broad SMARTS) is 1. The molecule has 0 unspecified atom stereocenters. The van der Waals surface area contributed by atoms with E-state index in [9.17, 15) is 9.18 Å². The molecule has 2 aromatic carbocycles. The number of halogens is 1. The highest BCUT2D eigenvalue weighted by atomic mass is 19.1. The van der Waals surface area contributed by atoms with Crippen molar-refractivity contribution in [2.24, 2.45) is 5.92 Å². The molecule has 2 saturated heterocycles. The Hall–Kier alpha value is -3.10. The van der Waals surface area contributed by atoms with Gasteiger partial charge in [-0.3, -0.25) is 9.69 Å². The van der Waals surface area contributed by atoms with Crippen molar-refractivity contribution in [2.75, 3.05) is 26.3 Å². The lowest BCUT2D eigenvalue weighted by Gasteiger charge is -2.37. The molecule has 0 amide bonds. The molecule has 3 heterocycles. The van der Waals surface area contributed by atoms with E-state index in [1.807, 2.05) is 36.4 Å². The number of aromatic nitrogens is 2. The number of hydrogen-bond donors (Lipinski definition) is 1. The number of rotatable bonds is 8. The fraction of sp³-hybridized carbons (Fsp3) is 0.423. The van der Waals surface area contributed by atoms with E-state index in [4.69, 9.17) is 14.4 Å². The summed E-state index contributed by atoms with van der Waals surface area (Å²) < 4.78 is 25.7. The molecule has 0 saturated carbocycles. The SMILES string of the molecule is O=C(O)C1CN(Cc2ccc(-c3noc(CCC4(c5ccccc5F)CCOCC4)n3)cc2)C1. The minimum atomic E-state index is -0.726. The summed E-state index contributed by atoms with van der Waals surface area (Å²) in [4.78, 5) is 17.6. The average Bonchev–Trinajstić information content (AvgIpc) is 3.30. The molecule has 1 N–H and O–H groups in total. The Morgan fingerprint density at radius 2 is 1.85 bits per heavy atom. The highest BCUT2D eigenvalue weighted by molar-refractivity contribution is 5.71. The number of carboxylic acids is 1. The van der Waals surface area contributed by atoms with Gasteiger partial charge in [-0.05, 0) is 36.5 Å². The van der Waals surface area contributed by atoms with E-state index in [-0.39, 0.29) is 17.2 Å². The first-order valence-corrected chi connectivity index (χ1v) is 11.7. The smallest absolute Gasteiger partial charge is 0.309 e. The molecule has 0 atom stereocenters. The summed E-state index contributed by atoms with van der Waals surface area (Å²) in [5.74, 6) is -0.0795. The maximum Gasteiger partial charge on any atom is 0.309 e. The van der Waals surface area contributed by atoms with Crippen molar-refractivity contribution in [1.29, 1.82) is 0 Å². The number of ether oxygens (including phenoxy) is 1. The predicted molar refractivity (Wildman–Crippen MR) is 123 cm³/mol. The zero-order chi connectivity index (χ0) is 23.5. The van der Waals surface area contributed by atoms with Crippen molar-refractivity contribution in [3.05, 3.63) is 71.4 Å². The van der Waals surface area contributed by atoms with Crippen LogP contribution in [-0.2, 0) is 27.9 Å². The summed E-state index contributed by atoms with van der Waals surface area (Å²) in [7, 11) is 0. The van der Waals surface area contributed by atoms with Gasteiger partial charge in [0.05, 0.1) is 5.92 Å². The second-order valence-corrected chi connectivity index (χ2v) is 9.31. The van der Waals surface area contributed by atoms with Gasteiger partial charge < -0.3 is 14.4 Å². The summed E-state index contributed by atoms with van der Waals surface area (Å²) in [5.41, 5.74) is 2.42. The summed E-state index contributed by atoms with van der Waals surface area (Å²) in [5, 5.41) is 13.2. The molecule has 34 heavy (non-hydrogen) atoms. The Morgan fingerprint density at radius 1 is 1.12 bits per heavy atom. The number of benzene rings is 2. The molecule has 0 spiro atoms. The molecule has 1 aromatic heterocycles. The van der Waals surface area contributed by atoms with E-state index in [0.717, 1.165) is 36.1 Å². The monoisotopic (exact) mass is 465 g/mol. The van der Waals surface area contributed by atoms with E-state index in [2.05, 4.69) is 15.0 Å². The fourth-order valence-electron chi connectivity index (χ4n) is 5.00. The summed E-state index contributed by atoms with van der Waals surface area (Å²) in [6.07, 6.45) is 2.81. The van der Waals surface area contributed by atoms with Gasteiger partial charge in [0.25, 0.3) is 0 Å². The van der Waals surface area contributed by atoms with Crippen LogP contribution in [0.1, 0.15) is 36.3 Å². The van der Waals surface area contributed by atoms with Crippen molar-refractivity contribution in [2.45, 2.75) is 37.6 Å². The van der Waals surface area contributed by atoms with E-state index >= 15 is 0 Å². The van der Waals surface area contributed by atoms with Crippen molar-refractivity contribution in [3.63, 3.8) is 0 Å². The van der Waals surface area contributed by atoms with Gasteiger partial charge in [-0.25, -0.2) is 4.39 Å². The summed E-state index contributed by atoms with van der Waals surface area (Å²) >= 11 is 0. The standard InChI is InChI=1S/C26H28FN3O4/c27-22-4-2-1-3-21(22)26(11-13-33-14-12-26)10-9-23-28-24(29-34-23)19-7-5-18(6-8-19)15-30-16-20(17-30)25(31)32/h1-8,20H,9-17H2,(H,31,32). The molecular weight excluding hydrogens is 437 g/mol. The van der Waals surface area contributed by atoms with Gasteiger partial charge in [0.15, 0.2) is 0 Å². The van der Waals surface area contributed by atoms with Crippen LogP contribution < -0.4 is 0 Å². The molecule has 7 nitrogen and oxygen atoms in total. The molecule has 3 aromatic rings. The quantitative estimate of drug-likeness (QED) is 0.536. The molecule has 178 valence electrons. The third-order valence-electron chi connectivity index (χ3n) is 7.11. The van der Waals surface area contributed by atoms with Crippen molar-refractivity contribution in [3.8, 4) is 11.4 Å². The molecule has 0 aliphatic carbocycles. The van der Waals surface area contributed by atoms with Crippen LogP contribution in [0.15, 0.2) is 53.1 Å². The minimum Gasteiger partial charge on any atom is -0.481 e. The molecule has 8 heteroatoms. The Labute approximate surface area is 197 Å². The van der Waals surface area contributed by atoms with Crippen LogP contribution in [0.25, 0.3) is 11.4 Å². The van der Waals surface area contributed by atoms with Gasteiger partial charge in [-0.15, -0.1) is 0 Å². The van der Waals surface area contributed by atoms with E-state index in [1.165, 1.54) is 6.07 Å². The maximum atomic E-state index is 14.6. The van der Waals surface area contributed by atoms with E-state index < -0.39 is 5.97 Å². The van der Waals surface area contributed by atoms with Crippen LogP contribution in [0.2, 0.25) is 0 Å². The summed E-state index contributed by atoms with van der Waals surface area (Å²) in [6, 6.07) is 14.9. The van der Waals surface area contributed by atoms with Gasteiger partial charge in [0.2, 0.25) is 11.7 Å². The van der Waals surface area contributed by atoms with Gasteiger partial charge in [-0.2, -0.15) is 4.98 Å². The number of hydrogen-bond acceptors (Lipinski definition) is 6. The largest absolute Gasteiger partial charge is 0.481 e. The third-order valence-corrected chi connectivity index (χ3v) is 7.11. The van der Waals surface area contributed by atoms with Gasteiger partial charge in [0, 0.05) is 50.2 Å². The Kier molecular flexibility index (Phi) is 6.43. The first-order chi connectivity index (χ1) is 16.5. The van der Waals surface area contributed by atoms with Crippen LogP contribution >= 0.6 is 0 Å². The molecule has 0 radical (unpaired) electrons. The molecule has 2 aliphatic rings. The van der Waals surface area contributed by atoms with E-state index in [0.29, 0.717) is 50.9 Å². The Bertz CT molecular complexity index is 1130. The van der Waals surface area contributed by atoms with Crippen LogP contribution in [0, 0.1) is 11.7 Å². The first-order valence-electron chi connectivity index (χ1n) is 11.7. The van der Waals surface area contributed by atoms with E-state index in [1.54, 1.807) is 6.07 Å². The minimum absolute atomic E-state index is 0.174. The van der Waals surface area contributed by atoms with Crippen molar-refractivity contribution < 1.29 is 23.6 Å². The van der Waals surface area contributed by atoms with Gasteiger partial charge >= 0.3 is 5.97 Å². The summed E-state index contributed by atoms with van der Waals surface area (Å²) in [6.45, 7) is 3.13. The zero-order valence-corrected chi connectivity index (χ0v) is 19.0. The lowest BCUT2D eigenvalue weighted by atomic mass is 9.71. The third kappa shape index (κ3) is 4.74. The van der Waals surface area contributed by atoms with Crippen molar-refractivity contribution >= 4 is 5.97 Å². The van der Waals surface area contributed by atoms with Crippen LogP contribution in [0.3, 0.4) is 0 Å². The van der Waals surface area contributed by atoms with Gasteiger partial charge in [-0.1, -0.05) is 47.6 Å². The second kappa shape index (κ2) is 9.64. The van der Waals surface area contributed by atoms with Crippen LogP contribution in [0.5, 0.6) is 0 Å². The Balaban J connectivity index is 1.22. The van der Waals surface area contributed by atoms with Crippen molar-refractivity contribution in [1.82, 2.24) is 15.0 Å². The lowest BCUT2D eigenvalue weighted by molar-refractivity contribution is -0.147. The zero-order valence-electron chi connectivity index (χ0n) is 19.0. The molecule has 5 rings (SSSR count). The topological polar surface area (TPSA) is 88.7 Å². The lowest BCUT2D eigenvalue weighted by Crippen LogP contribution is -2.49. The molecule has 0 bridgehead atoms. The van der Waals surface area contributed by atoms with Crippen LogP contribution in [-0.4, -0.2) is 52.4 Å². The average molecular weight is 466 g/mol. The maximum absolute atomic E-state index is 14.6. The molecule has 2 aliphatic heterocycles. The number of aryl methyl sites for hydroxylation is 1. The number of likely N-dealkylation sites (tertiary alicyclic amines) is 1. The molecule has 2 fully saturated rings. The molecular formula is C26H28FN3O4. The Morgan fingerprint density at radius 3 is 2.56 bits per heavy atom. The highest BCUT2D eigenvalue weighted by Gasteiger charge is 2.36. The number of aliphatic carboxylic acids is 1. The van der Waals surface area contributed by atoms with Crippen LogP contribution in [0.4, 0.5) is 4.39 Å². The fourth-order valence-corrected chi connectivity index (χ4v) is 5.00. The first kappa shape index (κ1) is 22.7.